The Morgan fingerprint density at radius 3 is 2.65 bits per heavy atom. The van der Waals surface area contributed by atoms with Gasteiger partial charge in [0, 0.05) is 17.5 Å². The molecule has 94 valence electrons. The monoisotopic (exact) mass is 239 g/mol. The summed E-state index contributed by atoms with van der Waals surface area (Å²) in [5.74, 6) is 0.260. The summed E-state index contributed by atoms with van der Waals surface area (Å²) >= 11 is 0. The highest BCUT2D eigenvalue weighted by molar-refractivity contribution is 5.47. The number of benzene rings is 1. The van der Waals surface area contributed by atoms with Gasteiger partial charge < -0.3 is 9.84 Å². The Kier molecular flexibility index (Phi) is 4.45. The van der Waals surface area contributed by atoms with Crippen molar-refractivity contribution in [3.05, 3.63) is 33.9 Å². The third kappa shape index (κ3) is 2.94. The van der Waals surface area contributed by atoms with Crippen LogP contribution in [-0.2, 0) is 0 Å². The summed E-state index contributed by atoms with van der Waals surface area (Å²) in [6.07, 6.45) is -0.0454. The van der Waals surface area contributed by atoms with Crippen molar-refractivity contribution in [2.75, 3.05) is 7.11 Å². The number of hydrogen-bond donors (Lipinski definition) is 1. The Morgan fingerprint density at radius 2 is 2.18 bits per heavy atom. The summed E-state index contributed by atoms with van der Waals surface area (Å²) in [5.41, 5.74) is 0.523. The summed E-state index contributed by atoms with van der Waals surface area (Å²) in [6, 6.07) is 4.57. The molecule has 17 heavy (non-hydrogen) atoms. The van der Waals surface area contributed by atoms with Gasteiger partial charge in [0.25, 0.3) is 5.69 Å². The first kappa shape index (κ1) is 13.4. The number of nitro groups is 1. The van der Waals surface area contributed by atoms with Gasteiger partial charge in [0.2, 0.25) is 0 Å². The van der Waals surface area contributed by atoms with Crippen LogP contribution in [0.4, 0.5) is 5.69 Å². The fourth-order valence-electron chi connectivity index (χ4n) is 1.75. The molecule has 0 aromatic heterocycles. The number of hydrogen-bond acceptors (Lipinski definition) is 4. The van der Waals surface area contributed by atoms with Crippen LogP contribution in [0.25, 0.3) is 0 Å². The highest BCUT2D eigenvalue weighted by Crippen LogP contribution is 2.32. The number of ether oxygens (including phenoxy) is 1. The lowest BCUT2D eigenvalue weighted by Gasteiger charge is -2.18. The normalized spacial score (nSPS) is 14.1. The molecular weight excluding hydrogens is 222 g/mol. The van der Waals surface area contributed by atoms with Gasteiger partial charge in [-0.3, -0.25) is 10.1 Å². The Hall–Kier alpha value is -1.62. The summed E-state index contributed by atoms with van der Waals surface area (Å²) < 4.78 is 5.05. The van der Waals surface area contributed by atoms with Gasteiger partial charge in [-0.05, 0) is 18.6 Å². The zero-order valence-corrected chi connectivity index (χ0v) is 10.2. The molecule has 5 nitrogen and oxygen atoms in total. The predicted molar refractivity (Wildman–Crippen MR) is 64.4 cm³/mol. The summed E-state index contributed by atoms with van der Waals surface area (Å²) in [4.78, 5) is 10.5. The fourth-order valence-corrected chi connectivity index (χ4v) is 1.75. The van der Waals surface area contributed by atoms with Crippen LogP contribution in [0.3, 0.4) is 0 Å². The molecule has 2 unspecified atom stereocenters. The predicted octanol–water partition coefficient (Wildman–Crippen LogP) is 2.48. The van der Waals surface area contributed by atoms with E-state index in [9.17, 15) is 15.2 Å². The van der Waals surface area contributed by atoms with Gasteiger partial charge in [-0.1, -0.05) is 13.8 Å². The Bertz CT molecular complexity index is 405. The van der Waals surface area contributed by atoms with E-state index in [4.69, 9.17) is 4.74 Å². The van der Waals surface area contributed by atoms with Crippen LogP contribution in [0.2, 0.25) is 0 Å². The first-order chi connectivity index (χ1) is 8.01. The van der Waals surface area contributed by atoms with E-state index < -0.39 is 11.0 Å². The van der Waals surface area contributed by atoms with E-state index in [2.05, 4.69) is 0 Å². The molecule has 0 saturated heterocycles. The SMILES string of the molecule is CCC(O)C(C)c1cc(OC)ccc1[N+](=O)[O-]. The van der Waals surface area contributed by atoms with Crippen LogP contribution in [0.15, 0.2) is 18.2 Å². The molecule has 5 heteroatoms. The van der Waals surface area contributed by atoms with Gasteiger partial charge in [-0.25, -0.2) is 0 Å². The van der Waals surface area contributed by atoms with Crippen LogP contribution < -0.4 is 4.74 Å². The van der Waals surface area contributed by atoms with E-state index in [1.54, 1.807) is 19.1 Å². The Morgan fingerprint density at radius 1 is 1.53 bits per heavy atom. The molecule has 0 heterocycles. The topological polar surface area (TPSA) is 72.6 Å². The van der Waals surface area contributed by atoms with Gasteiger partial charge in [-0.2, -0.15) is 0 Å². The van der Waals surface area contributed by atoms with Crippen molar-refractivity contribution < 1.29 is 14.8 Å². The third-order valence-corrected chi connectivity index (χ3v) is 2.92. The number of aliphatic hydroxyl groups excluding tert-OH is 1. The van der Waals surface area contributed by atoms with E-state index in [-0.39, 0.29) is 11.6 Å². The molecule has 0 aliphatic heterocycles. The number of rotatable bonds is 5. The first-order valence-electron chi connectivity index (χ1n) is 5.51. The smallest absolute Gasteiger partial charge is 0.273 e. The molecule has 1 aromatic carbocycles. The lowest BCUT2D eigenvalue weighted by Crippen LogP contribution is -2.15. The van der Waals surface area contributed by atoms with E-state index >= 15 is 0 Å². The average Bonchev–Trinajstić information content (AvgIpc) is 2.35. The Balaban J connectivity index is 3.21. The second-order valence-electron chi connectivity index (χ2n) is 3.95. The molecule has 0 aliphatic rings. The van der Waals surface area contributed by atoms with Crippen LogP contribution in [-0.4, -0.2) is 23.2 Å². The zero-order valence-electron chi connectivity index (χ0n) is 10.2. The Labute approximate surface area is 100 Å². The van der Waals surface area contributed by atoms with E-state index in [1.165, 1.54) is 13.2 Å². The molecule has 1 rings (SSSR count). The number of methoxy groups -OCH3 is 1. The summed E-state index contributed by atoms with van der Waals surface area (Å²) in [7, 11) is 1.51. The molecule has 1 aromatic rings. The minimum atomic E-state index is -0.596. The quantitative estimate of drug-likeness (QED) is 0.632. The molecule has 0 radical (unpaired) electrons. The maximum absolute atomic E-state index is 10.9. The zero-order chi connectivity index (χ0) is 13.0. The molecule has 0 aliphatic carbocycles. The van der Waals surface area contributed by atoms with Crippen molar-refractivity contribution in [1.29, 1.82) is 0 Å². The minimum absolute atomic E-state index is 0.0193. The molecule has 0 fully saturated rings. The molecule has 0 bridgehead atoms. The van der Waals surface area contributed by atoms with Crippen molar-refractivity contribution in [3.63, 3.8) is 0 Å². The second kappa shape index (κ2) is 5.63. The highest BCUT2D eigenvalue weighted by Gasteiger charge is 2.24. The van der Waals surface area contributed by atoms with Crippen molar-refractivity contribution in [1.82, 2.24) is 0 Å². The maximum Gasteiger partial charge on any atom is 0.273 e. The van der Waals surface area contributed by atoms with Gasteiger partial charge in [0.1, 0.15) is 5.75 Å². The van der Waals surface area contributed by atoms with Crippen LogP contribution in [0.1, 0.15) is 31.7 Å². The summed E-state index contributed by atoms with van der Waals surface area (Å²) in [6.45, 7) is 3.61. The van der Waals surface area contributed by atoms with Gasteiger partial charge in [0.15, 0.2) is 0 Å². The first-order valence-corrected chi connectivity index (χ1v) is 5.51. The highest BCUT2D eigenvalue weighted by atomic mass is 16.6. The van der Waals surface area contributed by atoms with E-state index in [0.29, 0.717) is 17.7 Å². The molecule has 1 N–H and O–H groups in total. The van der Waals surface area contributed by atoms with Crippen LogP contribution >= 0.6 is 0 Å². The third-order valence-electron chi connectivity index (χ3n) is 2.92. The molecule has 0 saturated carbocycles. The molecular formula is C12H17NO4. The van der Waals surface area contributed by atoms with Gasteiger partial charge >= 0.3 is 0 Å². The second-order valence-corrected chi connectivity index (χ2v) is 3.95. The molecule has 0 amide bonds. The number of aliphatic hydroxyl groups is 1. The van der Waals surface area contributed by atoms with Crippen LogP contribution in [0.5, 0.6) is 5.75 Å². The van der Waals surface area contributed by atoms with Crippen molar-refractivity contribution in [3.8, 4) is 5.75 Å². The fraction of sp³-hybridized carbons (Fsp3) is 0.500. The van der Waals surface area contributed by atoms with Crippen molar-refractivity contribution in [2.24, 2.45) is 0 Å². The van der Waals surface area contributed by atoms with E-state index in [1.807, 2.05) is 6.92 Å². The van der Waals surface area contributed by atoms with Gasteiger partial charge in [0.05, 0.1) is 18.1 Å². The number of nitro benzene ring substituents is 1. The largest absolute Gasteiger partial charge is 0.497 e. The lowest BCUT2D eigenvalue weighted by molar-refractivity contribution is -0.385. The van der Waals surface area contributed by atoms with Gasteiger partial charge in [-0.15, -0.1) is 0 Å². The molecule has 0 spiro atoms. The van der Waals surface area contributed by atoms with E-state index in [0.717, 1.165) is 0 Å². The van der Waals surface area contributed by atoms with Crippen molar-refractivity contribution >= 4 is 5.69 Å². The molecule has 2 atom stereocenters. The van der Waals surface area contributed by atoms with Crippen molar-refractivity contribution in [2.45, 2.75) is 32.3 Å². The standard InChI is InChI=1S/C12H17NO4/c1-4-12(14)8(2)10-7-9(17-3)5-6-11(10)13(15)16/h5-8,12,14H,4H2,1-3H3. The van der Waals surface area contributed by atoms with Crippen LogP contribution in [0, 0.1) is 10.1 Å². The summed E-state index contributed by atoms with van der Waals surface area (Å²) in [5, 5.41) is 20.7. The minimum Gasteiger partial charge on any atom is -0.497 e. The average molecular weight is 239 g/mol. The number of nitrogens with zero attached hydrogens (tertiary/aromatic N) is 1. The maximum atomic E-state index is 10.9. The lowest BCUT2D eigenvalue weighted by atomic mass is 9.92.